The smallest absolute Gasteiger partial charge is 0.328 e. The first kappa shape index (κ1) is 19.2. The minimum atomic E-state index is -0.487. The first-order valence-corrected chi connectivity index (χ1v) is 8.28. The molecular formula is C17H23ClN4O3. The fourth-order valence-electron chi connectivity index (χ4n) is 3.14. The van der Waals surface area contributed by atoms with Crippen LogP contribution in [0.4, 0.5) is 0 Å². The van der Waals surface area contributed by atoms with E-state index in [2.05, 4.69) is 22.5 Å². The van der Waals surface area contributed by atoms with Crippen LogP contribution >= 0.6 is 12.4 Å². The maximum Gasteiger partial charge on any atom is 0.328 e. The van der Waals surface area contributed by atoms with Crippen LogP contribution in [0.3, 0.4) is 0 Å². The van der Waals surface area contributed by atoms with E-state index >= 15 is 0 Å². The molecule has 136 valence electrons. The van der Waals surface area contributed by atoms with Crippen molar-refractivity contribution < 1.29 is 4.79 Å². The number of nitrogens with one attached hydrogen (secondary N) is 3. The highest BCUT2D eigenvalue weighted by Gasteiger charge is 2.22. The van der Waals surface area contributed by atoms with E-state index in [1.54, 1.807) is 24.3 Å². The molecule has 0 saturated carbocycles. The van der Waals surface area contributed by atoms with Crippen molar-refractivity contribution in [3.05, 3.63) is 45.1 Å². The van der Waals surface area contributed by atoms with Crippen LogP contribution in [-0.4, -0.2) is 34.6 Å². The average molecular weight is 367 g/mol. The second-order valence-electron chi connectivity index (χ2n) is 6.32. The van der Waals surface area contributed by atoms with Gasteiger partial charge in [0.25, 0.3) is 5.56 Å². The lowest BCUT2D eigenvalue weighted by atomic mass is 9.95. The molecule has 1 aliphatic rings. The number of halogens is 1. The molecule has 0 aliphatic carbocycles. The Kier molecular flexibility index (Phi) is 6.39. The minimum absolute atomic E-state index is 0. The van der Waals surface area contributed by atoms with Crippen molar-refractivity contribution in [2.24, 2.45) is 5.92 Å². The topological polar surface area (TPSA) is 96.0 Å². The van der Waals surface area contributed by atoms with Crippen LogP contribution in [0.1, 0.15) is 19.8 Å². The van der Waals surface area contributed by atoms with Crippen LogP contribution in [0.25, 0.3) is 10.9 Å². The number of piperidine rings is 1. The van der Waals surface area contributed by atoms with Crippen LogP contribution in [0, 0.1) is 5.92 Å². The fourth-order valence-corrected chi connectivity index (χ4v) is 3.14. The van der Waals surface area contributed by atoms with E-state index < -0.39 is 11.2 Å². The molecule has 2 aromatic rings. The van der Waals surface area contributed by atoms with Gasteiger partial charge in [-0.2, -0.15) is 0 Å². The van der Waals surface area contributed by atoms with Crippen LogP contribution < -0.4 is 21.9 Å². The van der Waals surface area contributed by atoms with E-state index in [0.29, 0.717) is 16.8 Å². The summed E-state index contributed by atoms with van der Waals surface area (Å²) < 4.78 is 1.44. The number of rotatable bonds is 4. The Morgan fingerprint density at radius 1 is 1.32 bits per heavy atom. The van der Waals surface area contributed by atoms with Gasteiger partial charge in [-0.15, -0.1) is 12.4 Å². The Hall–Kier alpha value is -2.12. The zero-order valence-corrected chi connectivity index (χ0v) is 14.9. The number of aromatic nitrogens is 2. The lowest BCUT2D eigenvalue weighted by Gasteiger charge is -2.30. The van der Waals surface area contributed by atoms with Gasteiger partial charge in [-0.25, -0.2) is 4.79 Å². The molecule has 1 amide bonds. The number of H-pyrrole nitrogens is 1. The predicted octanol–water partition coefficient (Wildman–Crippen LogP) is 0.616. The van der Waals surface area contributed by atoms with Gasteiger partial charge in [0, 0.05) is 25.6 Å². The normalized spacial score (nSPS) is 20.0. The monoisotopic (exact) mass is 366 g/mol. The Labute approximate surface area is 151 Å². The summed E-state index contributed by atoms with van der Waals surface area (Å²) in [7, 11) is 0. The van der Waals surface area contributed by atoms with Gasteiger partial charge in [0.2, 0.25) is 5.91 Å². The number of para-hydroxylation sites is 1. The fraction of sp³-hybridized carbons (Fsp3) is 0.471. The second kappa shape index (κ2) is 8.31. The number of benzene rings is 1. The zero-order valence-electron chi connectivity index (χ0n) is 14.1. The van der Waals surface area contributed by atoms with Gasteiger partial charge in [0.15, 0.2) is 0 Å². The SMILES string of the molecule is CC1CCNCC1NC(=O)CCn1c(=O)[nH]c(=O)c2ccccc21.Cl. The number of carbonyl (C=O) groups is 1. The maximum absolute atomic E-state index is 12.2. The van der Waals surface area contributed by atoms with E-state index in [9.17, 15) is 14.4 Å². The van der Waals surface area contributed by atoms with E-state index in [-0.39, 0.29) is 37.3 Å². The summed E-state index contributed by atoms with van der Waals surface area (Å²) in [6, 6.07) is 7.02. The standard InChI is InChI=1S/C17H22N4O3.ClH/c1-11-6-8-18-10-13(11)19-15(22)7-9-21-14-5-3-2-4-12(14)16(23)20-17(21)24;/h2-5,11,13,18H,6-10H2,1H3,(H,19,22)(H,20,23,24);1H. The van der Waals surface area contributed by atoms with Crippen molar-refractivity contribution in [1.82, 2.24) is 20.2 Å². The van der Waals surface area contributed by atoms with Crippen LogP contribution in [0.2, 0.25) is 0 Å². The average Bonchev–Trinajstić information content (AvgIpc) is 2.57. The van der Waals surface area contributed by atoms with Crippen molar-refractivity contribution in [3.8, 4) is 0 Å². The molecule has 2 heterocycles. The molecule has 2 atom stereocenters. The van der Waals surface area contributed by atoms with Gasteiger partial charge in [-0.05, 0) is 31.0 Å². The number of hydrogen-bond donors (Lipinski definition) is 3. The number of hydrogen-bond acceptors (Lipinski definition) is 4. The van der Waals surface area contributed by atoms with Crippen molar-refractivity contribution in [3.63, 3.8) is 0 Å². The third-order valence-corrected chi connectivity index (χ3v) is 4.64. The summed E-state index contributed by atoms with van der Waals surface area (Å²) in [4.78, 5) is 38.4. The summed E-state index contributed by atoms with van der Waals surface area (Å²) in [6.45, 7) is 4.11. The number of fused-ring (bicyclic) bond motifs is 1. The lowest BCUT2D eigenvalue weighted by molar-refractivity contribution is -0.122. The molecule has 7 nitrogen and oxygen atoms in total. The van der Waals surface area contributed by atoms with Gasteiger partial charge in [0.1, 0.15) is 0 Å². The molecule has 0 spiro atoms. The number of nitrogens with zero attached hydrogens (tertiary/aromatic N) is 1. The van der Waals surface area contributed by atoms with E-state index in [4.69, 9.17) is 0 Å². The summed E-state index contributed by atoms with van der Waals surface area (Å²) in [6.07, 6.45) is 1.23. The number of carbonyl (C=O) groups excluding carboxylic acids is 1. The molecule has 0 radical (unpaired) electrons. The zero-order chi connectivity index (χ0) is 17.1. The first-order chi connectivity index (χ1) is 11.6. The first-order valence-electron chi connectivity index (χ1n) is 8.28. The number of aryl methyl sites for hydroxylation is 1. The second-order valence-corrected chi connectivity index (χ2v) is 6.32. The minimum Gasteiger partial charge on any atom is -0.352 e. The number of amides is 1. The predicted molar refractivity (Wildman–Crippen MR) is 99.3 cm³/mol. The van der Waals surface area contributed by atoms with E-state index in [0.717, 1.165) is 19.5 Å². The lowest BCUT2D eigenvalue weighted by Crippen LogP contribution is -2.50. The molecule has 0 bridgehead atoms. The molecule has 1 aromatic carbocycles. The highest BCUT2D eigenvalue weighted by molar-refractivity contribution is 5.85. The third kappa shape index (κ3) is 4.29. The Balaban J connectivity index is 0.00000225. The van der Waals surface area contributed by atoms with E-state index in [1.807, 2.05) is 0 Å². The Morgan fingerprint density at radius 2 is 2.08 bits per heavy atom. The molecule has 1 saturated heterocycles. The number of aromatic amines is 1. The molecule has 3 rings (SSSR count). The Morgan fingerprint density at radius 3 is 2.84 bits per heavy atom. The van der Waals surface area contributed by atoms with Crippen molar-refractivity contribution in [1.29, 1.82) is 0 Å². The molecule has 1 aliphatic heterocycles. The molecule has 1 aromatic heterocycles. The molecular weight excluding hydrogens is 344 g/mol. The summed E-state index contributed by atoms with van der Waals surface area (Å²) in [5.41, 5.74) is -0.343. The maximum atomic E-state index is 12.2. The summed E-state index contributed by atoms with van der Waals surface area (Å²) >= 11 is 0. The van der Waals surface area contributed by atoms with E-state index in [1.165, 1.54) is 4.57 Å². The molecule has 25 heavy (non-hydrogen) atoms. The highest BCUT2D eigenvalue weighted by atomic mass is 35.5. The molecule has 1 fully saturated rings. The van der Waals surface area contributed by atoms with Gasteiger partial charge in [0.05, 0.1) is 10.9 Å². The van der Waals surface area contributed by atoms with Crippen LogP contribution in [0.15, 0.2) is 33.9 Å². The van der Waals surface area contributed by atoms with Crippen molar-refractivity contribution in [2.45, 2.75) is 32.4 Å². The van der Waals surface area contributed by atoms with Gasteiger partial charge in [-0.3, -0.25) is 19.1 Å². The molecule has 8 heteroatoms. The van der Waals surface area contributed by atoms with Crippen molar-refractivity contribution >= 4 is 29.2 Å². The van der Waals surface area contributed by atoms with Gasteiger partial charge < -0.3 is 10.6 Å². The quantitative estimate of drug-likeness (QED) is 0.739. The van der Waals surface area contributed by atoms with Crippen LogP contribution in [-0.2, 0) is 11.3 Å². The van der Waals surface area contributed by atoms with Gasteiger partial charge in [-0.1, -0.05) is 19.1 Å². The van der Waals surface area contributed by atoms with Crippen molar-refractivity contribution in [2.75, 3.05) is 13.1 Å². The Bertz CT molecular complexity index is 861. The largest absolute Gasteiger partial charge is 0.352 e. The molecule has 3 N–H and O–H groups in total. The third-order valence-electron chi connectivity index (χ3n) is 4.64. The summed E-state index contributed by atoms with van der Waals surface area (Å²) in [5.74, 6) is 0.351. The summed E-state index contributed by atoms with van der Waals surface area (Å²) in [5, 5.41) is 6.75. The van der Waals surface area contributed by atoms with Gasteiger partial charge >= 0.3 is 5.69 Å². The molecule has 2 unspecified atom stereocenters. The van der Waals surface area contributed by atoms with Crippen LogP contribution in [0.5, 0.6) is 0 Å². The highest BCUT2D eigenvalue weighted by Crippen LogP contribution is 2.11.